The molecule has 1 aromatic carbocycles. The van der Waals surface area contributed by atoms with Gasteiger partial charge in [0.2, 0.25) is 10.0 Å². The molecule has 1 saturated carbocycles. The van der Waals surface area contributed by atoms with Gasteiger partial charge in [0.25, 0.3) is 0 Å². The van der Waals surface area contributed by atoms with Gasteiger partial charge in [0, 0.05) is 19.1 Å². The molecule has 0 atom stereocenters. The summed E-state index contributed by atoms with van der Waals surface area (Å²) in [7, 11) is -3.21. The molecule has 0 bridgehead atoms. The maximum atomic E-state index is 12.5. The van der Waals surface area contributed by atoms with Crippen molar-refractivity contribution in [1.82, 2.24) is 5.32 Å². The summed E-state index contributed by atoms with van der Waals surface area (Å²) in [5.41, 5.74) is 3.24. The number of rotatable bonds is 5. The normalized spacial score (nSPS) is 18.9. The van der Waals surface area contributed by atoms with E-state index in [1.54, 1.807) is 4.31 Å². The van der Waals surface area contributed by atoms with Crippen LogP contribution in [-0.4, -0.2) is 33.3 Å². The summed E-state index contributed by atoms with van der Waals surface area (Å²) in [4.78, 5) is 0. The van der Waals surface area contributed by atoms with E-state index in [-0.39, 0.29) is 5.75 Å². The molecule has 5 heteroatoms. The van der Waals surface area contributed by atoms with Crippen molar-refractivity contribution in [3.63, 3.8) is 0 Å². The molecule has 4 nitrogen and oxygen atoms in total. The zero-order valence-electron chi connectivity index (χ0n) is 11.9. The van der Waals surface area contributed by atoms with Gasteiger partial charge in [-0.15, -0.1) is 0 Å². The number of aryl methyl sites for hydroxylation is 2. The van der Waals surface area contributed by atoms with Crippen LogP contribution in [0.3, 0.4) is 0 Å². The molecule has 3 rings (SSSR count). The summed E-state index contributed by atoms with van der Waals surface area (Å²) in [6.45, 7) is 3.22. The first-order chi connectivity index (χ1) is 9.56. The topological polar surface area (TPSA) is 49.4 Å². The van der Waals surface area contributed by atoms with Crippen LogP contribution in [0.2, 0.25) is 0 Å². The molecule has 2 aliphatic rings. The third-order valence-corrected chi connectivity index (χ3v) is 5.79. The number of fused-ring (bicyclic) bond motifs is 1. The van der Waals surface area contributed by atoms with Crippen LogP contribution in [0.25, 0.3) is 0 Å². The number of hydrogen-bond donors (Lipinski definition) is 1. The fourth-order valence-electron chi connectivity index (χ4n) is 2.77. The Bertz CT molecular complexity index is 594. The zero-order valence-corrected chi connectivity index (χ0v) is 12.7. The predicted octanol–water partition coefficient (Wildman–Crippen LogP) is 1.83. The van der Waals surface area contributed by atoms with Gasteiger partial charge in [0.15, 0.2) is 0 Å². The van der Waals surface area contributed by atoms with E-state index < -0.39 is 10.0 Å². The van der Waals surface area contributed by atoms with Crippen LogP contribution < -0.4 is 9.62 Å². The first kappa shape index (κ1) is 13.9. The monoisotopic (exact) mass is 294 g/mol. The van der Waals surface area contributed by atoms with E-state index in [2.05, 4.69) is 11.4 Å². The second-order valence-corrected chi connectivity index (χ2v) is 7.87. The van der Waals surface area contributed by atoms with E-state index in [1.165, 1.54) is 18.4 Å². The largest absolute Gasteiger partial charge is 0.313 e. The summed E-state index contributed by atoms with van der Waals surface area (Å²) in [5.74, 6) is 0.191. The van der Waals surface area contributed by atoms with E-state index in [0.29, 0.717) is 19.1 Å². The van der Waals surface area contributed by atoms with E-state index in [0.717, 1.165) is 24.1 Å². The highest BCUT2D eigenvalue weighted by atomic mass is 32.2. The second kappa shape index (κ2) is 5.37. The number of anilines is 1. The summed E-state index contributed by atoms with van der Waals surface area (Å²) >= 11 is 0. The maximum absolute atomic E-state index is 12.5. The Balaban J connectivity index is 1.76. The van der Waals surface area contributed by atoms with Gasteiger partial charge in [-0.25, -0.2) is 8.42 Å². The highest BCUT2D eigenvalue weighted by Gasteiger charge is 2.28. The van der Waals surface area contributed by atoms with Gasteiger partial charge in [-0.05, 0) is 44.2 Å². The summed E-state index contributed by atoms with van der Waals surface area (Å²) in [6, 6.07) is 6.62. The molecule has 1 aliphatic heterocycles. The molecule has 0 aromatic heterocycles. The number of nitrogens with zero attached hydrogens (tertiary/aromatic N) is 1. The summed E-state index contributed by atoms with van der Waals surface area (Å²) in [5, 5.41) is 3.28. The Morgan fingerprint density at radius 2 is 2.15 bits per heavy atom. The molecule has 0 spiro atoms. The smallest absolute Gasteiger partial charge is 0.236 e. The van der Waals surface area contributed by atoms with E-state index in [1.807, 2.05) is 19.1 Å². The van der Waals surface area contributed by atoms with Crippen molar-refractivity contribution in [2.75, 3.05) is 23.1 Å². The van der Waals surface area contributed by atoms with Gasteiger partial charge in [0.1, 0.15) is 0 Å². The van der Waals surface area contributed by atoms with Crippen molar-refractivity contribution in [3.05, 3.63) is 29.3 Å². The second-order valence-electron chi connectivity index (χ2n) is 5.85. The molecular formula is C15H22N2O2S. The third-order valence-electron chi connectivity index (χ3n) is 4.02. The van der Waals surface area contributed by atoms with Gasteiger partial charge in [-0.3, -0.25) is 4.31 Å². The molecule has 1 aromatic rings. The lowest BCUT2D eigenvalue weighted by Crippen LogP contribution is -2.39. The fourth-order valence-corrected chi connectivity index (χ4v) is 4.25. The minimum Gasteiger partial charge on any atom is -0.313 e. The SMILES string of the molecule is Cc1ccc2c(c1)CCCN2S(=O)(=O)CCNC1CC1. The molecule has 1 aliphatic carbocycles. The van der Waals surface area contributed by atoms with Crippen molar-refractivity contribution >= 4 is 15.7 Å². The minimum absolute atomic E-state index is 0.191. The van der Waals surface area contributed by atoms with E-state index >= 15 is 0 Å². The standard InChI is InChI=1S/C15H22N2O2S/c1-12-4-7-15-13(11-12)3-2-9-17(15)20(18,19)10-8-16-14-5-6-14/h4,7,11,14,16H,2-3,5-6,8-10H2,1H3. The number of benzene rings is 1. The van der Waals surface area contributed by atoms with Gasteiger partial charge in [-0.2, -0.15) is 0 Å². The fraction of sp³-hybridized carbons (Fsp3) is 0.600. The van der Waals surface area contributed by atoms with Gasteiger partial charge in [0.05, 0.1) is 11.4 Å². The number of hydrogen-bond acceptors (Lipinski definition) is 3. The van der Waals surface area contributed by atoms with Crippen LogP contribution in [0.15, 0.2) is 18.2 Å². The van der Waals surface area contributed by atoms with Crippen molar-refractivity contribution in [2.24, 2.45) is 0 Å². The molecule has 0 saturated heterocycles. The summed E-state index contributed by atoms with van der Waals surface area (Å²) in [6.07, 6.45) is 4.26. The lowest BCUT2D eigenvalue weighted by atomic mass is 10.0. The van der Waals surface area contributed by atoms with Crippen LogP contribution in [0.5, 0.6) is 0 Å². The van der Waals surface area contributed by atoms with E-state index in [9.17, 15) is 8.42 Å². The summed E-state index contributed by atoms with van der Waals surface area (Å²) < 4.78 is 26.7. The number of nitrogens with one attached hydrogen (secondary N) is 1. The van der Waals surface area contributed by atoms with Gasteiger partial charge in [-0.1, -0.05) is 17.7 Å². The molecule has 1 heterocycles. The first-order valence-corrected chi connectivity index (χ1v) is 9.00. The molecule has 0 amide bonds. The van der Waals surface area contributed by atoms with Crippen LogP contribution >= 0.6 is 0 Å². The Kier molecular flexibility index (Phi) is 3.73. The zero-order chi connectivity index (χ0) is 14.2. The quantitative estimate of drug-likeness (QED) is 0.901. The van der Waals surface area contributed by atoms with Crippen molar-refractivity contribution in [3.8, 4) is 0 Å². The molecule has 1 fully saturated rings. The van der Waals surface area contributed by atoms with Crippen molar-refractivity contribution < 1.29 is 8.42 Å². The van der Waals surface area contributed by atoms with Crippen molar-refractivity contribution in [2.45, 2.75) is 38.6 Å². The Hall–Kier alpha value is -1.07. The van der Waals surface area contributed by atoms with E-state index in [4.69, 9.17) is 0 Å². The lowest BCUT2D eigenvalue weighted by molar-refractivity contribution is 0.581. The minimum atomic E-state index is -3.21. The molecule has 0 radical (unpaired) electrons. The average Bonchev–Trinajstić information content (AvgIpc) is 3.21. The lowest BCUT2D eigenvalue weighted by Gasteiger charge is -2.30. The maximum Gasteiger partial charge on any atom is 0.236 e. The highest BCUT2D eigenvalue weighted by molar-refractivity contribution is 7.92. The molecule has 20 heavy (non-hydrogen) atoms. The third kappa shape index (κ3) is 2.99. The Morgan fingerprint density at radius 1 is 1.35 bits per heavy atom. The highest BCUT2D eigenvalue weighted by Crippen LogP contribution is 2.30. The average molecular weight is 294 g/mol. The van der Waals surface area contributed by atoms with Gasteiger partial charge < -0.3 is 5.32 Å². The molecule has 0 unspecified atom stereocenters. The van der Waals surface area contributed by atoms with Crippen LogP contribution in [0.4, 0.5) is 5.69 Å². The first-order valence-electron chi connectivity index (χ1n) is 7.39. The molecule has 110 valence electrons. The van der Waals surface area contributed by atoms with Crippen LogP contribution in [0.1, 0.15) is 30.4 Å². The Labute approximate surface area is 121 Å². The van der Waals surface area contributed by atoms with Crippen LogP contribution in [0, 0.1) is 6.92 Å². The Morgan fingerprint density at radius 3 is 2.90 bits per heavy atom. The van der Waals surface area contributed by atoms with Crippen LogP contribution in [-0.2, 0) is 16.4 Å². The predicted molar refractivity (Wildman–Crippen MR) is 81.7 cm³/mol. The molecule has 1 N–H and O–H groups in total. The number of sulfonamides is 1. The molecular weight excluding hydrogens is 272 g/mol. The van der Waals surface area contributed by atoms with Crippen molar-refractivity contribution in [1.29, 1.82) is 0 Å². The van der Waals surface area contributed by atoms with Gasteiger partial charge >= 0.3 is 0 Å².